The maximum Gasteiger partial charge on any atom is 0.0618 e. The fourth-order valence-corrected chi connectivity index (χ4v) is 5.94. The van der Waals surface area contributed by atoms with Crippen molar-refractivity contribution >= 4 is 0 Å². The van der Waals surface area contributed by atoms with Gasteiger partial charge in [-0.15, -0.1) is 6.58 Å². The minimum Gasteiger partial charge on any atom is -0.396 e. The first-order valence-corrected chi connectivity index (χ1v) is 8.93. The van der Waals surface area contributed by atoms with E-state index in [0.717, 1.165) is 25.7 Å². The first-order chi connectivity index (χ1) is 10.3. The molecule has 0 aliphatic heterocycles. The van der Waals surface area contributed by atoms with Crippen LogP contribution in [0.25, 0.3) is 0 Å². The molecule has 0 amide bonds. The Bertz CT molecular complexity index is 496. The van der Waals surface area contributed by atoms with E-state index in [1.807, 2.05) is 0 Å². The molecule has 0 bridgehead atoms. The number of fused-ring (bicyclic) bond motifs is 3. The summed E-state index contributed by atoms with van der Waals surface area (Å²) in [4.78, 5) is 0. The average molecular weight is 304 g/mol. The van der Waals surface area contributed by atoms with Crippen molar-refractivity contribution in [3.63, 3.8) is 0 Å². The molecule has 3 aliphatic carbocycles. The summed E-state index contributed by atoms with van der Waals surface area (Å²) in [5, 5.41) is 20.5. The highest BCUT2D eigenvalue weighted by Crippen LogP contribution is 2.63. The minimum atomic E-state index is -0.358. The van der Waals surface area contributed by atoms with Crippen LogP contribution in [-0.2, 0) is 0 Å². The van der Waals surface area contributed by atoms with E-state index in [1.54, 1.807) is 5.57 Å². The van der Waals surface area contributed by atoms with Crippen molar-refractivity contribution < 1.29 is 10.2 Å². The molecular formula is C20H32O2. The smallest absolute Gasteiger partial charge is 0.0618 e. The van der Waals surface area contributed by atoms with Crippen LogP contribution in [0.4, 0.5) is 0 Å². The quantitative estimate of drug-likeness (QED) is 0.755. The van der Waals surface area contributed by atoms with E-state index in [0.29, 0.717) is 11.8 Å². The molecule has 0 aromatic heterocycles. The first kappa shape index (κ1) is 16.3. The van der Waals surface area contributed by atoms with Gasteiger partial charge in [-0.05, 0) is 55.8 Å². The fraction of sp³-hybridized carbons (Fsp3) is 0.800. The van der Waals surface area contributed by atoms with E-state index < -0.39 is 0 Å². The van der Waals surface area contributed by atoms with Crippen LogP contribution >= 0.6 is 0 Å². The summed E-state index contributed by atoms with van der Waals surface area (Å²) in [7, 11) is 0. The molecule has 22 heavy (non-hydrogen) atoms. The maximum atomic E-state index is 10.5. The van der Waals surface area contributed by atoms with Gasteiger partial charge in [0.1, 0.15) is 0 Å². The summed E-state index contributed by atoms with van der Waals surface area (Å²) in [5.74, 6) is 1.04. The fourth-order valence-electron chi connectivity index (χ4n) is 5.94. The Hall–Kier alpha value is -0.600. The van der Waals surface area contributed by atoms with Gasteiger partial charge in [0.05, 0.1) is 12.7 Å². The van der Waals surface area contributed by atoms with Gasteiger partial charge >= 0.3 is 0 Å². The summed E-state index contributed by atoms with van der Waals surface area (Å²) >= 11 is 0. The van der Waals surface area contributed by atoms with Crippen molar-refractivity contribution in [2.45, 2.75) is 65.4 Å². The third-order valence-electron chi connectivity index (χ3n) is 7.57. The zero-order valence-corrected chi connectivity index (χ0v) is 14.4. The third kappa shape index (κ3) is 2.14. The highest BCUT2D eigenvalue weighted by Gasteiger charge is 2.58. The molecule has 3 aliphatic rings. The molecule has 0 aromatic rings. The number of hydrogen-bond acceptors (Lipinski definition) is 2. The van der Waals surface area contributed by atoms with Gasteiger partial charge in [-0.1, -0.05) is 38.5 Å². The number of hydrogen-bond donors (Lipinski definition) is 2. The van der Waals surface area contributed by atoms with Gasteiger partial charge in [-0.3, -0.25) is 0 Å². The second-order valence-corrected chi connectivity index (χ2v) is 8.84. The van der Waals surface area contributed by atoms with E-state index in [4.69, 9.17) is 0 Å². The van der Waals surface area contributed by atoms with Crippen LogP contribution in [0.2, 0.25) is 0 Å². The van der Waals surface area contributed by atoms with Crippen molar-refractivity contribution in [2.24, 2.45) is 28.1 Å². The molecule has 1 unspecified atom stereocenters. The highest BCUT2D eigenvalue weighted by molar-refractivity contribution is 5.27. The summed E-state index contributed by atoms with van der Waals surface area (Å²) in [6.45, 7) is 10.9. The Morgan fingerprint density at radius 3 is 2.59 bits per heavy atom. The second-order valence-electron chi connectivity index (χ2n) is 8.84. The molecule has 124 valence electrons. The normalized spacial score (nSPS) is 51.5. The molecule has 3 rings (SSSR count). The lowest BCUT2D eigenvalue weighted by Crippen LogP contribution is -2.58. The van der Waals surface area contributed by atoms with Gasteiger partial charge < -0.3 is 10.2 Å². The van der Waals surface area contributed by atoms with Gasteiger partial charge in [0.25, 0.3) is 0 Å². The first-order valence-electron chi connectivity index (χ1n) is 8.93. The molecule has 0 heterocycles. The summed E-state index contributed by atoms with van der Waals surface area (Å²) < 4.78 is 0. The Balaban J connectivity index is 1.98. The summed E-state index contributed by atoms with van der Waals surface area (Å²) in [6.07, 6.45) is 10.8. The van der Waals surface area contributed by atoms with Crippen LogP contribution < -0.4 is 0 Å². The van der Waals surface area contributed by atoms with Gasteiger partial charge in [-0.25, -0.2) is 0 Å². The van der Waals surface area contributed by atoms with E-state index in [2.05, 4.69) is 39.5 Å². The van der Waals surface area contributed by atoms with Crippen molar-refractivity contribution in [1.29, 1.82) is 0 Å². The third-order valence-corrected chi connectivity index (χ3v) is 7.57. The van der Waals surface area contributed by atoms with Crippen LogP contribution in [0.1, 0.15) is 59.3 Å². The summed E-state index contributed by atoms with van der Waals surface area (Å²) in [5.41, 5.74) is 1.66. The lowest BCUT2D eigenvalue weighted by atomic mass is 9.44. The van der Waals surface area contributed by atoms with Crippen molar-refractivity contribution in [1.82, 2.24) is 0 Å². The number of aliphatic hydroxyl groups excluding tert-OH is 2. The Morgan fingerprint density at radius 2 is 1.95 bits per heavy atom. The van der Waals surface area contributed by atoms with Crippen LogP contribution in [0.5, 0.6) is 0 Å². The molecule has 0 aromatic carbocycles. The zero-order chi connectivity index (χ0) is 16.2. The van der Waals surface area contributed by atoms with E-state index >= 15 is 0 Å². The maximum absolute atomic E-state index is 10.5. The molecule has 2 fully saturated rings. The predicted octanol–water partition coefficient (Wildman–Crippen LogP) is 4.08. The van der Waals surface area contributed by atoms with Crippen LogP contribution in [0.15, 0.2) is 24.3 Å². The van der Waals surface area contributed by atoms with Crippen molar-refractivity contribution in [2.75, 3.05) is 6.61 Å². The van der Waals surface area contributed by atoms with Gasteiger partial charge in [0, 0.05) is 10.8 Å². The molecule has 0 saturated heterocycles. The molecular weight excluding hydrogens is 272 g/mol. The Morgan fingerprint density at radius 1 is 1.23 bits per heavy atom. The van der Waals surface area contributed by atoms with Crippen molar-refractivity contribution in [3.8, 4) is 0 Å². The number of rotatable bonds is 2. The standard InChI is InChI=1S/C20H32O2/c1-5-18(2)10-8-15-14(12-18)6-7-16-19(15,3)11-9-17(22)20(16,4)13-21/h5,12,15-17,21-22H,1,6-11,13H2,2-4H3/t15-,16+,17-,18-,19?,20-/m0/s1. The Labute approximate surface area is 135 Å². The van der Waals surface area contributed by atoms with Crippen LogP contribution in [0, 0.1) is 28.1 Å². The minimum absolute atomic E-state index is 0.102. The SMILES string of the molecule is C=C[C@]1(C)C=C2CC[C@@H]3C(C)(CC[C@H](O)[C@@]3(C)CO)[C@H]2CC1. The lowest BCUT2D eigenvalue weighted by Gasteiger charge is -2.61. The molecule has 2 heteroatoms. The predicted molar refractivity (Wildman–Crippen MR) is 90.4 cm³/mol. The van der Waals surface area contributed by atoms with Crippen LogP contribution in [0.3, 0.4) is 0 Å². The molecule has 2 nitrogen and oxygen atoms in total. The lowest BCUT2D eigenvalue weighted by molar-refractivity contribution is -0.153. The van der Waals surface area contributed by atoms with E-state index in [-0.39, 0.29) is 29.0 Å². The number of allylic oxidation sites excluding steroid dienone is 3. The summed E-state index contributed by atoms with van der Waals surface area (Å²) in [6, 6.07) is 0. The zero-order valence-electron chi connectivity index (χ0n) is 14.4. The molecule has 2 saturated carbocycles. The largest absolute Gasteiger partial charge is 0.396 e. The van der Waals surface area contributed by atoms with Gasteiger partial charge in [0.2, 0.25) is 0 Å². The van der Waals surface area contributed by atoms with Gasteiger partial charge in [0.15, 0.2) is 0 Å². The molecule has 0 radical (unpaired) electrons. The molecule has 6 atom stereocenters. The van der Waals surface area contributed by atoms with Crippen LogP contribution in [-0.4, -0.2) is 22.9 Å². The monoisotopic (exact) mass is 304 g/mol. The number of aliphatic hydroxyl groups is 2. The van der Waals surface area contributed by atoms with Crippen molar-refractivity contribution in [3.05, 3.63) is 24.3 Å². The Kier molecular flexibility index (Phi) is 3.85. The van der Waals surface area contributed by atoms with E-state index in [9.17, 15) is 10.2 Å². The topological polar surface area (TPSA) is 40.5 Å². The highest BCUT2D eigenvalue weighted by atomic mass is 16.3. The second kappa shape index (κ2) is 5.21. The average Bonchev–Trinajstić information content (AvgIpc) is 2.51. The molecule has 0 spiro atoms. The molecule has 2 N–H and O–H groups in total. The van der Waals surface area contributed by atoms with Gasteiger partial charge in [-0.2, -0.15) is 0 Å². The van der Waals surface area contributed by atoms with E-state index in [1.165, 1.54) is 12.8 Å².